The van der Waals surface area contributed by atoms with E-state index in [0.29, 0.717) is 38.2 Å². The summed E-state index contributed by atoms with van der Waals surface area (Å²) in [4.78, 5) is 24.1. The lowest BCUT2D eigenvalue weighted by molar-refractivity contribution is -0.130. The van der Waals surface area contributed by atoms with Gasteiger partial charge in [-0.15, -0.1) is 0 Å². The third-order valence-corrected chi connectivity index (χ3v) is 2.21. The molecule has 74 valence electrons. The van der Waals surface area contributed by atoms with Gasteiger partial charge in [0.2, 0.25) is 11.8 Å². The number of carbonyl (C=O) groups is 2. The summed E-state index contributed by atoms with van der Waals surface area (Å²) in [7, 11) is 0. The first-order valence-corrected chi connectivity index (χ1v) is 5.02. The first kappa shape index (κ1) is 10.4. The largest absolute Gasteiger partial charge is 0.354 e. The van der Waals surface area contributed by atoms with Crippen LogP contribution in [0.3, 0.4) is 0 Å². The minimum Gasteiger partial charge on any atom is -0.354 e. The maximum Gasteiger partial charge on any atom is 0.223 e. The molecule has 1 aliphatic heterocycles. The Morgan fingerprint density at radius 1 is 1.54 bits per heavy atom. The van der Waals surface area contributed by atoms with Crippen molar-refractivity contribution in [3.8, 4) is 0 Å². The molecule has 1 N–H and O–H groups in total. The summed E-state index contributed by atoms with van der Waals surface area (Å²) >= 11 is 3.99. The highest BCUT2D eigenvalue weighted by Gasteiger charge is 2.16. The Bertz CT molecular complexity index is 208. The van der Waals surface area contributed by atoms with Crippen molar-refractivity contribution in [1.82, 2.24) is 10.2 Å². The molecule has 0 bridgehead atoms. The van der Waals surface area contributed by atoms with Crippen LogP contribution in [-0.4, -0.2) is 42.1 Å². The van der Waals surface area contributed by atoms with E-state index < -0.39 is 0 Å². The molecule has 0 saturated carbocycles. The Morgan fingerprint density at radius 3 is 3.00 bits per heavy atom. The van der Waals surface area contributed by atoms with E-state index in [0.717, 1.165) is 0 Å². The quantitative estimate of drug-likeness (QED) is 0.602. The molecule has 0 atom stereocenters. The second kappa shape index (κ2) is 5.11. The molecule has 13 heavy (non-hydrogen) atoms. The van der Waals surface area contributed by atoms with E-state index in [1.54, 1.807) is 4.90 Å². The second-order valence-corrected chi connectivity index (χ2v) is 3.40. The van der Waals surface area contributed by atoms with Crippen LogP contribution in [0.1, 0.15) is 12.8 Å². The average Bonchev–Trinajstić information content (AvgIpc) is 2.30. The molecule has 0 aromatic heterocycles. The minimum atomic E-state index is 0.0289. The van der Waals surface area contributed by atoms with Gasteiger partial charge in [-0.05, 0) is 5.75 Å². The Labute approximate surface area is 83.1 Å². The summed E-state index contributed by atoms with van der Waals surface area (Å²) in [6.07, 6.45) is 0.871. The van der Waals surface area contributed by atoms with Gasteiger partial charge in [-0.25, -0.2) is 0 Å². The molecule has 0 aromatic rings. The van der Waals surface area contributed by atoms with Gasteiger partial charge >= 0.3 is 0 Å². The third-order valence-electron chi connectivity index (χ3n) is 1.99. The van der Waals surface area contributed by atoms with Crippen LogP contribution >= 0.6 is 12.6 Å². The van der Waals surface area contributed by atoms with Crippen LogP contribution in [0.25, 0.3) is 0 Å². The lowest BCUT2D eigenvalue weighted by Crippen LogP contribution is -2.34. The Hall–Kier alpha value is -0.710. The van der Waals surface area contributed by atoms with Crippen LogP contribution < -0.4 is 5.32 Å². The van der Waals surface area contributed by atoms with Crippen molar-refractivity contribution < 1.29 is 9.59 Å². The molecule has 1 rings (SSSR count). The molecular formula is C8H14N2O2S. The van der Waals surface area contributed by atoms with E-state index in [9.17, 15) is 9.59 Å². The maximum absolute atomic E-state index is 11.4. The second-order valence-electron chi connectivity index (χ2n) is 2.95. The molecule has 0 aromatic carbocycles. The first-order valence-electron chi connectivity index (χ1n) is 4.39. The topological polar surface area (TPSA) is 49.4 Å². The molecule has 5 heteroatoms. The van der Waals surface area contributed by atoms with Gasteiger partial charge in [-0.3, -0.25) is 9.59 Å². The van der Waals surface area contributed by atoms with Crippen molar-refractivity contribution in [2.24, 2.45) is 0 Å². The molecule has 1 fully saturated rings. The van der Waals surface area contributed by atoms with Gasteiger partial charge in [-0.2, -0.15) is 12.6 Å². The molecule has 0 spiro atoms. The number of nitrogens with one attached hydrogen (secondary N) is 1. The van der Waals surface area contributed by atoms with E-state index in [-0.39, 0.29) is 11.8 Å². The van der Waals surface area contributed by atoms with Crippen LogP contribution in [0, 0.1) is 0 Å². The van der Waals surface area contributed by atoms with Gasteiger partial charge in [-0.1, -0.05) is 0 Å². The zero-order chi connectivity index (χ0) is 9.68. The van der Waals surface area contributed by atoms with Gasteiger partial charge in [0.1, 0.15) is 0 Å². The van der Waals surface area contributed by atoms with Crippen molar-refractivity contribution in [1.29, 1.82) is 0 Å². The lowest BCUT2D eigenvalue weighted by Gasteiger charge is -2.18. The summed E-state index contributed by atoms with van der Waals surface area (Å²) in [5.41, 5.74) is 0. The van der Waals surface area contributed by atoms with Crippen LogP contribution in [0.2, 0.25) is 0 Å². The molecular weight excluding hydrogens is 188 g/mol. The van der Waals surface area contributed by atoms with Gasteiger partial charge in [0, 0.05) is 32.5 Å². The highest BCUT2D eigenvalue weighted by atomic mass is 32.1. The van der Waals surface area contributed by atoms with E-state index in [2.05, 4.69) is 17.9 Å². The molecule has 2 amide bonds. The summed E-state index contributed by atoms with van der Waals surface area (Å²) in [6, 6.07) is 0. The smallest absolute Gasteiger partial charge is 0.223 e. The zero-order valence-electron chi connectivity index (χ0n) is 7.45. The number of rotatable bonds is 2. The fraction of sp³-hybridized carbons (Fsp3) is 0.750. The van der Waals surface area contributed by atoms with Crippen LogP contribution in [0.4, 0.5) is 0 Å². The van der Waals surface area contributed by atoms with E-state index in [1.165, 1.54) is 0 Å². The standard InChI is InChI=1S/C8H14N2O2S/c11-7-1-4-10(5-3-9-7)8(12)2-6-13/h13H,1-6H2,(H,9,11). The summed E-state index contributed by atoms with van der Waals surface area (Å²) in [5, 5.41) is 2.72. The molecule has 0 aliphatic carbocycles. The highest BCUT2D eigenvalue weighted by Crippen LogP contribution is 2.00. The zero-order valence-corrected chi connectivity index (χ0v) is 8.35. The molecule has 4 nitrogen and oxygen atoms in total. The van der Waals surface area contributed by atoms with Gasteiger partial charge in [0.25, 0.3) is 0 Å². The summed E-state index contributed by atoms with van der Waals surface area (Å²) < 4.78 is 0. The van der Waals surface area contributed by atoms with Crippen molar-refractivity contribution in [2.45, 2.75) is 12.8 Å². The van der Waals surface area contributed by atoms with Gasteiger partial charge in [0.05, 0.1) is 0 Å². The van der Waals surface area contributed by atoms with Crippen LogP contribution in [0.5, 0.6) is 0 Å². The Balaban J connectivity index is 2.41. The highest BCUT2D eigenvalue weighted by molar-refractivity contribution is 7.80. The predicted molar refractivity (Wildman–Crippen MR) is 52.7 cm³/mol. The number of hydrogen-bond donors (Lipinski definition) is 2. The molecule has 1 aliphatic rings. The molecule has 1 saturated heterocycles. The minimum absolute atomic E-state index is 0.0289. The maximum atomic E-state index is 11.4. The van der Waals surface area contributed by atoms with Crippen molar-refractivity contribution >= 4 is 24.4 Å². The first-order chi connectivity index (χ1) is 6.24. The average molecular weight is 202 g/mol. The van der Waals surface area contributed by atoms with Crippen LogP contribution in [0.15, 0.2) is 0 Å². The Kier molecular flexibility index (Phi) is 4.08. The number of thiol groups is 1. The van der Waals surface area contributed by atoms with E-state index in [4.69, 9.17) is 0 Å². The lowest BCUT2D eigenvalue weighted by atomic mass is 10.3. The van der Waals surface area contributed by atoms with E-state index in [1.807, 2.05) is 0 Å². The number of carbonyl (C=O) groups excluding carboxylic acids is 2. The fourth-order valence-electron chi connectivity index (χ4n) is 1.27. The summed E-state index contributed by atoms with van der Waals surface area (Å²) in [5.74, 6) is 0.684. The molecule has 0 unspecified atom stereocenters. The number of hydrogen-bond acceptors (Lipinski definition) is 3. The fourth-order valence-corrected chi connectivity index (χ4v) is 1.46. The molecule has 0 radical (unpaired) electrons. The van der Waals surface area contributed by atoms with E-state index >= 15 is 0 Å². The SMILES string of the molecule is O=C1CCN(C(=O)CCS)CCN1. The number of nitrogens with zero attached hydrogens (tertiary/aromatic N) is 1. The van der Waals surface area contributed by atoms with Crippen LogP contribution in [-0.2, 0) is 9.59 Å². The third kappa shape index (κ3) is 3.26. The number of amides is 2. The predicted octanol–water partition coefficient (Wildman–Crippen LogP) is -0.345. The van der Waals surface area contributed by atoms with Crippen molar-refractivity contribution in [3.05, 3.63) is 0 Å². The normalized spacial score (nSPS) is 17.9. The molecule has 1 heterocycles. The Morgan fingerprint density at radius 2 is 2.31 bits per heavy atom. The summed E-state index contributed by atoms with van der Waals surface area (Å²) in [6.45, 7) is 1.73. The van der Waals surface area contributed by atoms with Gasteiger partial charge < -0.3 is 10.2 Å². The van der Waals surface area contributed by atoms with Crippen molar-refractivity contribution in [2.75, 3.05) is 25.4 Å². The monoisotopic (exact) mass is 202 g/mol. The van der Waals surface area contributed by atoms with Gasteiger partial charge in [0.15, 0.2) is 0 Å². The van der Waals surface area contributed by atoms with Crippen molar-refractivity contribution in [3.63, 3.8) is 0 Å².